The van der Waals surface area contributed by atoms with Crippen molar-refractivity contribution >= 4 is 10.0 Å². The fourth-order valence-corrected chi connectivity index (χ4v) is 3.22. The lowest BCUT2D eigenvalue weighted by atomic mass is 10.3. The predicted octanol–water partition coefficient (Wildman–Crippen LogP) is 0.969. The van der Waals surface area contributed by atoms with Crippen LogP contribution in [-0.2, 0) is 10.0 Å². The molecule has 0 aliphatic heterocycles. The Morgan fingerprint density at radius 2 is 2.11 bits per heavy atom. The first-order valence-electron chi connectivity index (χ1n) is 5.72. The van der Waals surface area contributed by atoms with Gasteiger partial charge in [0, 0.05) is 18.8 Å². The molecule has 1 aromatic rings. The molecule has 0 saturated carbocycles. The fraction of sp³-hybridized carbons (Fsp3) is 0.545. The van der Waals surface area contributed by atoms with Gasteiger partial charge in [0.1, 0.15) is 10.7 Å². The number of hydrogen-bond acceptors (Lipinski definition) is 4. The van der Waals surface area contributed by atoms with Crippen molar-refractivity contribution in [3.63, 3.8) is 0 Å². The number of nitrogens with zero attached hydrogens (tertiary/aromatic N) is 2. The highest BCUT2D eigenvalue weighted by atomic mass is 32.2. The van der Waals surface area contributed by atoms with Crippen LogP contribution in [0, 0.1) is 5.82 Å². The van der Waals surface area contributed by atoms with Crippen molar-refractivity contribution in [3.8, 4) is 0 Å². The number of aromatic nitrogens is 1. The van der Waals surface area contributed by atoms with Gasteiger partial charge in [-0.25, -0.2) is 12.8 Å². The van der Waals surface area contributed by atoms with Crippen LogP contribution in [-0.4, -0.2) is 36.8 Å². The maximum absolute atomic E-state index is 13.0. The molecule has 0 aromatic carbocycles. The second-order valence-corrected chi connectivity index (χ2v) is 6.08. The first-order chi connectivity index (χ1) is 8.39. The summed E-state index contributed by atoms with van der Waals surface area (Å²) in [6, 6.07) is 0.755. The monoisotopic (exact) mass is 275 g/mol. The average molecular weight is 275 g/mol. The van der Waals surface area contributed by atoms with E-state index >= 15 is 0 Å². The lowest BCUT2D eigenvalue weighted by molar-refractivity contribution is 0.351. The van der Waals surface area contributed by atoms with Gasteiger partial charge in [-0.15, -0.1) is 0 Å². The van der Waals surface area contributed by atoms with Gasteiger partial charge in [-0.1, -0.05) is 0 Å². The van der Waals surface area contributed by atoms with E-state index in [4.69, 9.17) is 5.73 Å². The van der Waals surface area contributed by atoms with Crippen LogP contribution in [0.1, 0.15) is 20.3 Å². The van der Waals surface area contributed by atoms with Gasteiger partial charge in [0.2, 0.25) is 10.0 Å². The second-order valence-electron chi connectivity index (χ2n) is 4.19. The molecule has 0 unspecified atom stereocenters. The van der Waals surface area contributed by atoms with E-state index in [1.165, 1.54) is 4.31 Å². The highest BCUT2D eigenvalue weighted by molar-refractivity contribution is 7.89. The number of sulfonamides is 1. The fourth-order valence-electron chi connectivity index (χ4n) is 1.57. The van der Waals surface area contributed by atoms with E-state index in [9.17, 15) is 12.8 Å². The molecule has 5 nitrogen and oxygen atoms in total. The molecule has 0 amide bonds. The van der Waals surface area contributed by atoms with Gasteiger partial charge in [-0.05, 0) is 32.9 Å². The minimum atomic E-state index is -3.72. The lowest BCUT2D eigenvalue weighted by Crippen LogP contribution is -2.38. The molecule has 102 valence electrons. The van der Waals surface area contributed by atoms with Crippen LogP contribution < -0.4 is 5.73 Å². The van der Waals surface area contributed by atoms with Crippen molar-refractivity contribution in [1.82, 2.24) is 9.29 Å². The quantitative estimate of drug-likeness (QED) is 0.839. The zero-order chi connectivity index (χ0) is 13.8. The Morgan fingerprint density at radius 3 is 2.61 bits per heavy atom. The SMILES string of the molecule is CC(C)N(CCCN)S(=O)(=O)c1cncc(F)c1. The second kappa shape index (κ2) is 6.21. The standard InChI is InChI=1S/C11H18FN3O2S/c1-9(2)15(5-3-4-13)18(16,17)11-6-10(12)7-14-8-11/h6-9H,3-5,13H2,1-2H3. The summed E-state index contributed by atoms with van der Waals surface area (Å²) in [6.45, 7) is 4.24. The minimum absolute atomic E-state index is 0.131. The van der Waals surface area contributed by atoms with E-state index in [-0.39, 0.29) is 10.9 Å². The third-order valence-electron chi connectivity index (χ3n) is 2.44. The smallest absolute Gasteiger partial charge is 0.244 e. The Morgan fingerprint density at radius 1 is 1.44 bits per heavy atom. The lowest BCUT2D eigenvalue weighted by Gasteiger charge is -2.25. The van der Waals surface area contributed by atoms with Crippen LogP contribution in [0.2, 0.25) is 0 Å². The van der Waals surface area contributed by atoms with Gasteiger partial charge in [-0.3, -0.25) is 4.98 Å². The van der Waals surface area contributed by atoms with Crippen LogP contribution in [0.4, 0.5) is 4.39 Å². The number of halogens is 1. The number of rotatable bonds is 6. The van der Waals surface area contributed by atoms with Crippen LogP contribution in [0.25, 0.3) is 0 Å². The molecule has 0 atom stereocenters. The molecule has 7 heteroatoms. The molecule has 0 aliphatic carbocycles. The molecular formula is C11H18FN3O2S. The summed E-state index contributed by atoms with van der Waals surface area (Å²) in [4.78, 5) is 3.44. The van der Waals surface area contributed by atoms with E-state index in [1.807, 2.05) is 0 Å². The van der Waals surface area contributed by atoms with Gasteiger partial charge in [0.15, 0.2) is 0 Å². The molecule has 1 aromatic heterocycles. The summed E-state index contributed by atoms with van der Waals surface area (Å²) in [6.07, 6.45) is 2.68. The normalized spacial score (nSPS) is 12.3. The van der Waals surface area contributed by atoms with Crippen molar-refractivity contribution in [3.05, 3.63) is 24.3 Å². The highest BCUT2D eigenvalue weighted by Crippen LogP contribution is 2.18. The topological polar surface area (TPSA) is 76.3 Å². The molecule has 1 heterocycles. The van der Waals surface area contributed by atoms with Gasteiger partial charge in [0.25, 0.3) is 0 Å². The maximum atomic E-state index is 13.0. The van der Waals surface area contributed by atoms with Gasteiger partial charge < -0.3 is 5.73 Å². The largest absolute Gasteiger partial charge is 0.330 e. The Labute approximate surface area is 107 Å². The zero-order valence-electron chi connectivity index (χ0n) is 10.5. The van der Waals surface area contributed by atoms with E-state index in [1.54, 1.807) is 13.8 Å². The Hall–Kier alpha value is -1.05. The van der Waals surface area contributed by atoms with Crippen molar-refractivity contribution in [2.45, 2.75) is 31.2 Å². The molecule has 18 heavy (non-hydrogen) atoms. The summed E-state index contributed by atoms with van der Waals surface area (Å²) < 4.78 is 39.0. The van der Waals surface area contributed by atoms with E-state index < -0.39 is 15.8 Å². The first-order valence-corrected chi connectivity index (χ1v) is 7.16. The minimum Gasteiger partial charge on any atom is -0.330 e. The van der Waals surface area contributed by atoms with Gasteiger partial charge in [-0.2, -0.15) is 4.31 Å². The molecule has 0 bridgehead atoms. The zero-order valence-corrected chi connectivity index (χ0v) is 11.3. The molecule has 0 spiro atoms. The van der Waals surface area contributed by atoms with Crippen LogP contribution in [0.3, 0.4) is 0 Å². The molecule has 2 N–H and O–H groups in total. The molecule has 0 aliphatic rings. The summed E-state index contributed by atoms with van der Waals surface area (Å²) >= 11 is 0. The number of pyridine rings is 1. The Balaban J connectivity index is 3.09. The van der Waals surface area contributed by atoms with E-state index in [2.05, 4.69) is 4.98 Å². The average Bonchev–Trinajstić information content (AvgIpc) is 2.28. The third-order valence-corrected chi connectivity index (χ3v) is 4.49. The van der Waals surface area contributed by atoms with E-state index in [0.29, 0.717) is 19.5 Å². The summed E-state index contributed by atoms with van der Waals surface area (Å²) in [5, 5.41) is 0. The number of hydrogen-bond donors (Lipinski definition) is 1. The summed E-state index contributed by atoms with van der Waals surface area (Å²) in [5.41, 5.74) is 5.39. The third kappa shape index (κ3) is 3.47. The van der Waals surface area contributed by atoms with Gasteiger partial charge in [0.05, 0.1) is 6.20 Å². The molecule has 0 fully saturated rings. The van der Waals surface area contributed by atoms with E-state index in [0.717, 1.165) is 18.5 Å². The first kappa shape index (κ1) is 15.0. The summed E-state index contributed by atoms with van der Waals surface area (Å²) in [7, 11) is -3.72. The van der Waals surface area contributed by atoms with Gasteiger partial charge >= 0.3 is 0 Å². The van der Waals surface area contributed by atoms with Crippen LogP contribution >= 0.6 is 0 Å². The Bertz CT molecular complexity index is 491. The van der Waals surface area contributed by atoms with Crippen LogP contribution in [0.5, 0.6) is 0 Å². The Kier molecular flexibility index (Phi) is 5.18. The maximum Gasteiger partial charge on any atom is 0.244 e. The molecule has 0 radical (unpaired) electrons. The van der Waals surface area contributed by atoms with Crippen molar-refractivity contribution in [2.24, 2.45) is 5.73 Å². The molecule has 1 rings (SSSR count). The molecular weight excluding hydrogens is 257 g/mol. The van der Waals surface area contributed by atoms with Crippen LogP contribution in [0.15, 0.2) is 23.4 Å². The molecule has 0 saturated heterocycles. The van der Waals surface area contributed by atoms with Crippen molar-refractivity contribution in [2.75, 3.05) is 13.1 Å². The highest BCUT2D eigenvalue weighted by Gasteiger charge is 2.27. The summed E-state index contributed by atoms with van der Waals surface area (Å²) in [5.74, 6) is -0.668. The number of nitrogens with two attached hydrogens (primary N) is 1. The van der Waals surface area contributed by atoms with Crippen molar-refractivity contribution < 1.29 is 12.8 Å². The van der Waals surface area contributed by atoms with Crippen molar-refractivity contribution in [1.29, 1.82) is 0 Å². The predicted molar refractivity (Wildman–Crippen MR) is 66.9 cm³/mol.